The molecular weight excluding hydrogens is 178 g/mol. The van der Waals surface area contributed by atoms with Crippen LogP contribution in [0.1, 0.15) is 27.2 Å². The van der Waals surface area contributed by atoms with Gasteiger partial charge in [0.05, 0.1) is 13.2 Å². The molecule has 0 aromatic rings. The highest BCUT2D eigenvalue weighted by atomic mass is 16.5. The van der Waals surface area contributed by atoms with Crippen molar-refractivity contribution in [1.29, 1.82) is 0 Å². The minimum absolute atomic E-state index is 0.382. The molecule has 82 valence electrons. The van der Waals surface area contributed by atoms with Crippen molar-refractivity contribution in [2.75, 3.05) is 13.2 Å². The van der Waals surface area contributed by atoms with E-state index in [1.54, 1.807) is 0 Å². The van der Waals surface area contributed by atoms with Gasteiger partial charge in [0.1, 0.15) is 6.23 Å². The van der Waals surface area contributed by atoms with Gasteiger partial charge in [-0.1, -0.05) is 13.8 Å². The molecule has 2 aliphatic rings. The van der Waals surface area contributed by atoms with Crippen molar-refractivity contribution in [2.24, 2.45) is 11.8 Å². The molecule has 4 unspecified atom stereocenters. The highest BCUT2D eigenvalue weighted by Crippen LogP contribution is 2.37. The Kier molecular flexibility index (Phi) is 2.82. The van der Waals surface area contributed by atoms with Gasteiger partial charge in [0.15, 0.2) is 0 Å². The van der Waals surface area contributed by atoms with Gasteiger partial charge in [0.2, 0.25) is 0 Å². The first kappa shape index (κ1) is 10.4. The van der Waals surface area contributed by atoms with E-state index in [2.05, 4.69) is 25.7 Å². The van der Waals surface area contributed by atoms with E-state index in [1.807, 2.05) is 0 Å². The number of ether oxygens (including phenoxy) is 1. The van der Waals surface area contributed by atoms with Crippen LogP contribution >= 0.6 is 0 Å². The maximum atomic E-state index is 9.85. The van der Waals surface area contributed by atoms with E-state index in [0.717, 1.165) is 6.61 Å². The molecule has 0 bridgehead atoms. The third-order valence-electron chi connectivity index (χ3n) is 3.83. The molecule has 2 rings (SSSR count). The average molecular weight is 199 g/mol. The number of fused-ring (bicyclic) bond motifs is 1. The van der Waals surface area contributed by atoms with Crippen LogP contribution in [0.15, 0.2) is 0 Å². The molecule has 2 saturated heterocycles. The Morgan fingerprint density at radius 1 is 1.36 bits per heavy atom. The second-order valence-corrected chi connectivity index (χ2v) is 5.00. The molecule has 0 saturated carbocycles. The molecule has 0 aromatic carbocycles. The molecule has 2 heterocycles. The summed E-state index contributed by atoms with van der Waals surface area (Å²) in [5.41, 5.74) is 0. The first-order valence-electron chi connectivity index (χ1n) is 5.64. The van der Waals surface area contributed by atoms with Gasteiger partial charge in [-0.05, 0) is 25.2 Å². The van der Waals surface area contributed by atoms with E-state index in [-0.39, 0.29) is 6.23 Å². The molecule has 0 aromatic heterocycles. The first-order valence-corrected chi connectivity index (χ1v) is 5.64. The fraction of sp³-hybridized carbons (Fsp3) is 1.00. The molecule has 2 aliphatic heterocycles. The second kappa shape index (κ2) is 3.80. The molecule has 14 heavy (non-hydrogen) atoms. The van der Waals surface area contributed by atoms with E-state index >= 15 is 0 Å². The van der Waals surface area contributed by atoms with Crippen molar-refractivity contribution < 1.29 is 9.84 Å². The minimum atomic E-state index is -0.382. The number of aliphatic hydroxyl groups excluding tert-OH is 1. The number of hydrogen-bond donors (Lipinski definition) is 1. The molecule has 3 heteroatoms. The summed E-state index contributed by atoms with van der Waals surface area (Å²) in [5, 5.41) is 9.85. The third-order valence-corrected chi connectivity index (χ3v) is 3.83. The lowest BCUT2D eigenvalue weighted by Gasteiger charge is -2.37. The lowest BCUT2D eigenvalue weighted by molar-refractivity contribution is -0.133. The fourth-order valence-electron chi connectivity index (χ4n) is 3.08. The van der Waals surface area contributed by atoms with Gasteiger partial charge in [-0.15, -0.1) is 0 Å². The van der Waals surface area contributed by atoms with E-state index in [4.69, 9.17) is 4.74 Å². The summed E-state index contributed by atoms with van der Waals surface area (Å²) in [6, 6.07) is 0.944. The molecule has 4 atom stereocenters. The van der Waals surface area contributed by atoms with Crippen molar-refractivity contribution in [3.05, 3.63) is 0 Å². The van der Waals surface area contributed by atoms with E-state index < -0.39 is 0 Å². The summed E-state index contributed by atoms with van der Waals surface area (Å²) in [5.74, 6) is 1.40. The van der Waals surface area contributed by atoms with Gasteiger partial charge in [0, 0.05) is 12.1 Å². The fourth-order valence-corrected chi connectivity index (χ4v) is 3.08. The van der Waals surface area contributed by atoms with E-state index in [0.29, 0.717) is 30.5 Å². The number of nitrogens with zero attached hydrogens (tertiary/aromatic N) is 1. The summed E-state index contributed by atoms with van der Waals surface area (Å²) in [6.07, 6.45) is 0.795. The topological polar surface area (TPSA) is 32.7 Å². The predicted molar refractivity (Wildman–Crippen MR) is 54.9 cm³/mol. The SMILES string of the molecule is CC(C)C1CC2COCC(O)N2C1C. The summed E-state index contributed by atoms with van der Waals surface area (Å²) >= 11 is 0. The first-order chi connectivity index (χ1) is 6.61. The number of morpholine rings is 1. The standard InChI is InChI=1S/C11H21NO2/c1-7(2)10-4-9-5-14-6-11(13)12(9)8(10)3/h7-11,13H,4-6H2,1-3H3. The zero-order valence-corrected chi connectivity index (χ0v) is 9.31. The van der Waals surface area contributed by atoms with Crippen LogP contribution in [0.5, 0.6) is 0 Å². The molecular formula is C11H21NO2. The lowest BCUT2D eigenvalue weighted by atomic mass is 9.89. The monoisotopic (exact) mass is 199 g/mol. The van der Waals surface area contributed by atoms with Crippen molar-refractivity contribution >= 4 is 0 Å². The van der Waals surface area contributed by atoms with Crippen LogP contribution in [0.25, 0.3) is 0 Å². The Bertz CT molecular complexity index is 207. The highest BCUT2D eigenvalue weighted by Gasteiger charge is 2.44. The predicted octanol–water partition coefficient (Wildman–Crippen LogP) is 1.07. The molecule has 0 radical (unpaired) electrons. The number of hydrogen-bond acceptors (Lipinski definition) is 3. The van der Waals surface area contributed by atoms with Crippen LogP contribution in [0.2, 0.25) is 0 Å². The summed E-state index contributed by atoms with van der Waals surface area (Å²) in [6.45, 7) is 8.05. The van der Waals surface area contributed by atoms with Gasteiger partial charge >= 0.3 is 0 Å². The summed E-state index contributed by atoms with van der Waals surface area (Å²) < 4.78 is 5.38. The lowest BCUT2D eigenvalue weighted by Crippen LogP contribution is -2.51. The maximum absolute atomic E-state index is 9.85. The quantitative estimate of drug-likeness (QED) is 0.685. The van der Waals surface area contributed by atoms with Crippen molar-refractivity contribution in [2.45, 2.75) is 45.5 Å². The Morgan fingerprint density at radius 2 is 2.07 bits per heavy atom. The highest BCUT2D eigenvalue weighted by molar-refractivity contribution is 4.95. The normalized spacial score (nSPS) is 44.4. The van der Waals surface area contributed by atoms with Crippen LogP contribution in [-0.2, 0) is 4.74 Å². The van der Waals surface area contributed by atoms with Crippen LogP contribution in [0.3, 0.4) is 0 Å². The van der Waals surface area contributed by atoms with Gasteiger partial charge in [-0.25, -0.2) is 0 Å². The number of rotatable bonds is 1. The van der Waals surface area contributed by atoms with Gasteiger partial charge in [-0.3, -0.25) is 4.90 Å². The zero-order chi connectivity index (χ0) is 10.3. The largest absolute Gasteiger partial charge is 0.376 e. The summed E-state index contributed by atoms with van der Waals surface area (Å²) in [7, 11) is 0. The Balaban J connectivity index is 2.11. The third kappa shape index (κ3) is 1.58. The molecule has 1 N–H and O–H groups in total. The van der Waals surface area contributed by atoms with Crippen LogP contribution in [-0.4, -0.2) is 41.5 Å². The zero-order valence-electron chi connectivity index (χ0n) is 9.31. The van der Waals surface area contributed by atoms with Gasteiger partial charge < -0.3 is 9.84 Å². The van der Waals surface area contributed by atoms with Crippen LogP contribution in [0.4, 0.5) is 0 Å². The average Bonchev–Trinajstić information content (AvgIpc) is 2.45. The van der Waals surface area contributed by atoms with Crippen LogP contribution < -0.4 is 0 Å². The van der Waals surface area contributed by atoms with Crippen molar-refractivity contribution in [3.63, 3.8) is 0 Å². The Morgan fingerprint density at radius 3 is 2.64 bits per heavy atom. The second-order valence-electron chi connectivity index (χ2n) is 5.00. The molecule has 3 nitrogen and oxygen atoms in total. The molecule has 2 fully saturated rings. The van der Waals surface area contributed by atoms with E-state index in [9.17, 15) is 5.11 Å². The number of aliphatic hydroxyl groups is 1. The molecule has 0 amide bonds. The minimum Gasteiger partial charge on any atom is -0.376 e. The molecule has 0 spiro atoms. The Hall–Kier alpha value is -0.120. The van der Waals surface area contributed by atoms with E-state index in [1.165, 1.54) is 6.42 Å². The van der Waals surface area contributed by atoms with Crippen LogP contribution in [0, 0.1) is 11.8 Å². The van der Waals surface area contributed by atoms with Gasteiger partial charge in [0.25, 0.3) is 0 Å². The molecule has 0 aliphatic carbocycles. The smallest absolute Gasteiger partial charge is 0.131 e. The maximum Gasteiger partial charge on any atom is 0.131 e. The Labute approximate surface area is 86.0 Å². The van der Waals surface area contributed by atoms with Crippen molar-refractivity contribution in [1.82, 2.24) is 4.90 Å². The summed E-state index contributed by atoms with van der Waals surface area (Å²) in [4.78, 5) is 2.24. The van der Waals surface area contributed by atoms with Crippen molar-refractivity contribution in [3.8, 4) is 0 Å². The van der Waals surface area contributed by atoms with Gasteiger partial charge in [-0.2, -0.15) is 0 Å².